The molecule has 1 aliphatic heterocycles. The summed E-state index contributed by atoms with van der Waals surface area (Å²) in [6, 6.07) is 0. The molecule has 46 valence electrons. The van der Waals surface area contributed by atoms with Crippen LogP contribution in [0.4, 0.5) is 0 Å². The number of hydrogen-bond acceptors (Lipinski definition) is 3. The van der Waals surface area contributed by atoms with Crippen molar-refractivity contribution in [3.05, 3.63) is 12.3 Å². The van der Waals surface area contributed by atoms with Gasteiger partial charge in [0, 0.05) is 0 Å². The largest absolute Gasteiger partial charge is 0.493 e. The van der Waals surface area contributed by atoms with E-state index in [2.05, 4.69) is 0 Å². The van der Waals surface area contributed by atoms with Gasteiger partial charge in [0.05, 0.1) is 12.9 Å². The average molecular weight is 116 g/mol. The molecule has 2 atom stereocenters. The first kappa shape index (κ1) is 5.59. The zero-order chi connectivity index (χ0) is 5.98. The summed E-state index contributed by atoms with van der Waals surface area (Å²) < 4.78 is 4.73. The van der Waals surface area contributed by atoms with Gasteiger partial charge in [0.25, 0.3) is 0 Å². The van der Waals surface area contributed by atoms with E-state index in [-0.39, 0.29) is 6.61 Å². The molecule has 0 bridgehead atoms. The molecule has 0 aromatic rings. The first-order valence-electron chi connectivity index (χ1n) is 2.45. The number of ether oxygens (including phenoxy) is 1. The summed E-state index contributed by atoms with van der Waals surface area (Å²) in [5.41, 5.74) is 0. The predicted molar refractivity (Wildman–Crippen MR) is 27.1 cm³/mol. The van der Waals surface area contributed by atoms with Gasteiger partial charge in [0.15, 0.2) is 6.10 Å². The first-order valence-corrected chi connectivity index (χ1v) is 2.45. The van der Waals surface area contributed by atoms with Crippen molar-refractivity contribution in [3.8, 4) is 0 Å². The molecule has 0 fully saturated rings. The molecule has 1 aliphatic rings. The summed E-state index contributed by atoms with van der Waals surface area (Å²) in [5, 5.41) is 17.2. The molecule has 1 rings (SSSR count). The van der Waals surface area contributed by atoms with Crippen LogP contribution in [-0.2, 0) is 4.74 Å². The Morgan fingerprint density at radius 3 is 2.62 bits per heavy atom. The average Bonchev–Trinajstić information content (AvgIpc) is 2.14. The second-order valence-electron chi connectivity index (χ2n) is 1.68. The van der Waals surface area contributed by atoms with Crippen LogP contribution in [0.25, 0.3) is 0 Å². The van der Waals surface area contributed by atoms with E-state index in [0.717, 1.165) is 0 Å². The molecular weight excluding hydrogens is 108 g/mol. The molecule has 0 saturated heterocycles. The molecule has 2 N–H and O–H groups in total. The van der Waals surface area contributed by atoms with E-state index in [9.17, 15) is 0 Å². The molecule has 0 aromatic carbocycles. The minimum atomic E-state index is -0.625. The van der Waals surface area contributed by atoms with Gasteiger partial charge < -0.3 is 14.9 Å². The van der Waals surface area contributed by atoms with Crippen molar-refractivity contribution in [1.29, 1.82) is 0 Å². The lowest BCUT2D eigenvalue weighted by atomic mass is 10.2. The molecule has 1 unspecified atom stereocenters. The van der Waals surface area contributed by atoms with E-state index in [1.807, 2.05) is 0 Å². The number of rotatable bonds is 1. The minimum Gasteiger partial charge on any atom is -0.493 e. The Morgan fingerprint density at radius 2 is 2.38 bits per heavy atom. The van der Waals surface area contributed by atoms with Crippen LogP contribution in [0.1, 0.15) is 0 Å². The number of hydrogen-bond donors (Lipinski definition) is 2. The van der Waals surface area contributed by atoms with Crippen LogP contribution in [0, 0.1) is 0 Å². The second-order valence-corrected chi connectivity index (χ2v) is 1.68. The Balaban J connectivity index is 2.38. The van der Waals surface area contributed by atoms with Crippen molar-refractivity contribution < 1.29 is 14.9 Å². The van der Waals surface area contributed by atoms with Crippen molar-refractivity contribution in [3.63, 3.8) is 0 Å². The maximum Gasteiger partial charge on any atom is 0.150 e. The molecule has 3 heteroatoms. The van der Waals surface area contributed by atoms with Crippen molar-refractivity contribution in [2.75, 3.05) is 6.61 Å². The summed E-state index contributed by atoms with van der Waals surface area (Å²) in [5.74, 6) is 0. The summed E-state index contributed by atoms with van der Waals surface area (Å²) in [6.07, 6.45) is 1.84. The first-order chi connectivity index (χ1) is 3.84. The van der Waals surface area contributed by atoms with Gasteiger partial charge in [-0.3, -0.25) is 0 Å². The van der Waals surface area contributed by atoms with E-state index in [0.29, 0.717) is 0 Å². The SMILES string of the molecule is OCC1OC=C[C@@H]1O. The summed E-state index contributed by atoms with van der Waals surface area (Å²) in [4.78, 5) is 0. The fourth-order valence-corrected chi connectivity index (χ4v) is 0.582. The number of aliphatic hydroxyl groups is 2. The van der Waals surface area contributed by atoms with E-state index in [1.54, 1.807) is 0 Å². The third-order valence-electron chi connectivity index (χ3n) is 1.09. The molecule has 8 heavy (non-hydrogen) atoms. The van der Waals surface area contributed by atoms with E-state index < -0.39 is 12.2 Å². The quantitative estimate of drug-likeness (QED) is 0.474. The van der Waals surface area contributed by atoms with Gasteiger partial charge in [-0.05, 0) is 6.08 Å². The van der Waals surface area contributed by atoms with Crippen molar-refractivity contribution >= 4 is 0 Å². The predicted octanol–water partition coefficient (Wildman–Crippen LogP) is -0.748. The Kier molecular flexibility index (Phi) is 1.50. The van der Waals surface area contributed by atoms with Gasteiger partial charge >= 0.3 is 0 Å². The van der Waals surface area contributed by atoms with E-state index >= 15 is 0 Å². The van der Waals surface area contributed by atoms with Crippen LogP contribution in [0.15, 0.2) is 12.3 Å². The van der Waals surface area contributed by atoms with Crippen molar-refractivity contribution in [2.45, 2.75) is 12.2 Å². The monoisotopic (exact) mass is 116 g/mol. The highest BCUT2D eigenvalue weighted by molar-refractivity contribution is 4.95. The molecule has 0 saturated carbocycles. The Labute approximate surface area is 47.2 Å². The Morgan fingerprint density at radius 1 is 1.62 bits per heavy atom. The van der Waals surface area contributed by atoms with Gasteiger partial charge in [-0.2, -0.15) is 0 Å². The third kappa shape index (κ3) is 0.827. The fourth-order valence-electron chi connectivity index (χ4n) is 0.582. The van der Waals surface area contributed by atoms with E-state index in [4.69, 9.17) is 14.9 Å². The summed E-state index contributed by atoms with van der Waals surface area (Å²) in [7, 11) is 0. The molecule has 0 aliphatic carbocycles. The van der Waals surface area contributed by atoms with Crippen LogP contribution in [0.3, 0.4) is 0 Å². The molecule has 1 heterocycles. The third-order valence-corrected chi connectivity index (χ3v) is 1.09. The number of aliphatic hydroxyl groups excluding tert-OH is 2. The maximum absolute atomic E-state index is 8.82. The van der Waals surface area contributed by atoms with Gasteiger partial charge in [0.2, 0.25) is 0 Å². The zero-order valence-corrected chi connectivity index (χ0v) is 4.32. The van der Waals surface area contributed by atoms with Gasteiger partial charge in [0.1, 0.15) is 6.10 Å². The van der Waals surface area contributed by atoms with Crippen molar-refractivity contribution in [1.82, 2.24) is 0 Å². The lowest BCUT2D eigenvalue weighted by Crippen LogP contribution is -2.24. The van der Waals surface area contributed by atoms with Crippen LogP contribution in [0.2, 0.25) is 0 Å². The van der Waals surface area contributed by atoms with Crippen molar-refractivity contribution in [2.24, 2.45) is 0 Å². The van der Waals surface area contributed by atoms with Crippen LogP contribution >= 0.6 is 0 Å². The highest BCUT2D eigenvalue weighted by Crippen LogP contribution is 2.07. The normalized spacial score (nSPS) is 35.2. The zero-order valence-electron chi connectivity index (χ0n) is 4.32. The molecule has 3 nitrogen and oxygen atoms in total. The van der Waals surface area contributed by atoms with Gasteiger partial charge in [-0.15, -0.1) is 0 Å². The van der Waals surface area contributed by atoms with Crippen LogP contribution in [-0.4, -0.2) is 29.0 Å². The van der Waals surface area contributed by atoms with Gasteiger partial charge in [-0.25, -0.2) is 0 Å². The molecule has 0 radical (unpaired) electrons. The summed E-state index contributed by atoms with van der Waals surface area (Å²) in [6.45, 7) is -0.131. The Hall–Kier alpha value is -0.540. The topological polar surface area (TPSA) is 49.7 Å². The molecule has 0 aromatic heterocycles. The summed E-state index contributed by atoms with van der Waals surface area (Å²) >= 11 is 0. The van der Waals surface area contributed by atoms with Gasteiger partial charge in [-0.1, -0.05) is 0 Å². The lowest BCUT2D eigenvalue weighted by molar-refractivity contribution is 0.0217. The maximum atomic E-state index is 8.82. The molecule has 0 amide bonds. The Bertz CT molecular complexity index is 99.8. The minimum absolute atomic E-state index is 0.131. The highest BCUT2D eigenvalue weighted by Gasteiger charge is 2.20. The molecular formula is C5H8O3. The second kappa shape index (κ2) is 2.15. The van der Waals surface area contributed by atoms with Crippen LogP contribution < -0.4 is 0 Å². The standard InChI is InChI=1S/C5H8O3/c6-3-5-4(7)1-2-8-5/h1-2,4-7H,3H2/t4-,5?/m0/s1. The molecule has 0 spiro atoms. The fraction of sp³-hybridized carbons (Fsp3) is 0.600. The van der Waals surface area contributed by atoms with E-state index in [1.165, 1.54) is 12.3 Å². The smallest absolute Gasteiger partial charge is 0.150 e. The lowest BCUT2D eigenvalue weighted by Gasteiger charge is -2.08. The highest BCUT2D eigenvalue weighted by atomic mass is 16.5. The van der Waals surface area contributed by atoms with Crippen LogP contribution in [0.5, 0.6) is 0 Å².